The van der Waals surface area contributed by atoms with E-state index in [-0.39, 0.29) is 5.75 Å². The van der Waals surface area contributed by atoms with E-state index in [9.17, 15) is 5.11 Å². The number of thiophene rings is 1. The van der Waals surface area contributed by atoms with Crippen molar-refractivity contribution in [3.05, 3.63) is 63.9 Å². The van der Waals surface area contributed by atoms with Gasteiger partial charge >= 0.3 is 0 Å². The number of aromatic nitrogens is 2. The summed E-state index contributed by atoms with van der Waals surface area (Å²) in [4.78, 5) is 14.6. The number of nitrogens with zero attached hydrogens (tertiary/aromatic N) is 3. The number of nitrogens with one attached hydrogen (secondary N) is 1. The number of rotatable bonds is 10. The molecule has 1 fully saturated rings. The van der Waals surface area contributed by atoms with Gasteiger partial charge in [-0.25, -0.2) is 9.97 Å². The molecule has 176 valence electrons. The van der Waals surface area contributed by atoms with Gasteiger partial charge in [0.15, 0.2) is 0 Å². The Balaban J connectivity index is 1.36. The predicted octanol–water partition coefficient (Wildman–Crippen LogP) is 5.70. The fourth-order valence-corrected chi connectivity index (χ4v) is 5.67. The van der Waals surface area contributed by atoms with Gasteiger partial charge in [-0.15, -0.1) is 11.3 Å². The summed E-state index contributed by atoms with van der Waals surface area (Å²) in [6.45, 7) is 6.71. The van der Waals surface area contributed by atoms with Crippen molar-refractivity contribution in [3.8, 4) is 16.3 Å². The molecule has 1 aromatic carbocycles. The zero-order valence-corrected chi connectivity index (χ0v) is 20.8. The van der Waals surface area contributed by atoms with Crippen LogP contribution in [-0.4, -0.2) is 45.7 Å². The van der Waals surface area contributed by atoms with Gasteiger partial charge in [0.1, 0.15) is 11.6 Å². The van der Waals surface area contributed by atoms with Crippen molar-refractivity contribution in [1.29, 1.82) is 0 Å². The van der Waals surface area contributed by atoms with Crippen molar-refractivity contribution in [3.63, 3.8) is 0 Å². The largest absolute Gasteiger partial charge is 0.506 e. The maximum atomic E-state index is 9.57. The van der Waals surface area contributed by atoms with Crippen LogP contribution >= 0.6 is 22.9 Å². The summed E-state index contributed by atoms with van der Waals surface area (Å²) in [5.41, 5.74) is 2.12. The summed E-state index contributed by atoms with van der Waals surface area (Å²) >= 11 is 7.86. The van der Waals surface area contributed by atoms with E-state index in [4.69, 9.17) is 16.6 Å². The van der Waals surface area contributed by atoms with Crippen LogP contribution < -0.4 is 5.32 Å². The first-order valence-electron chi connectivity index (χ1n) is 12.0. The second-order valence-electron chi connectivity index (χ2n) is 8.72. The van der Waals surface area contributed by atoms with Crippen LogP contribution in [-0.2, 0) is 19.4 Å². The van der Waals surface area contributed by atoms with E-state index in [1.54, 1.807) is 6.07 Å². The second kappa shape index (κ2) is 11.9. The Morgan fingerprint density at radius 1 is 1.15 bits per heavy atom. The third-order valence-electron chi connectivity index (χ3n) is 6.19. The molecular weight excluding hydrogens is 452 g/mol. The predicted molar refractivity (Wildman–Crippen MR) is 137 cm³/mol. The number of halogens is 1. The monoisotopic (exact) mass is 484 g/mol. The van der Waals surface area contributed by atoms with Crippen molar-refractivity contribution < 1.29 is 5.11 Å². The number of hydrogen-bond donors (Lipinski definition) is 2. The Morgan fingerprint density at radius 3 is 2.79 bits per heavy atom. The highest BCUT2D eigenvalue weighted by atomic mass is 35.5. The number of aryl methyl sites for hydroxylation is 2. The first kappa shape index (κ1) is 24.1. The molecule has 0 amide bonds. The van der Waals surface area contributed by atoms with Gasteiger partial charge in [-0.05, 0) is 87.6 Å². The molecule has 0 bridgehead atoms. The van der Waals surface area contributed by atoms with Crippen LogP contribution in [0.1, 0.15) is 48.9 Å². The SMILES string of the molecule is CCCN(Cc1ccc(-c2ccnc(CCCc3ccc(O)c(Cl)c3)n2)s1)C1CCNCC1. The topological polar surface area (TPSA) is 61.3 Å². The fraction of sp³-hybridized carbons (Fsp3) is 0.462. The smallest absolute Gasteiger partial charge is 0.134 e. The molecule has 3 heterocycles. The summed E-state index contributed by atoms with van der Waals surface area (Å²) in [7, 11) is 0. The molecular formula is C26H33ClN4OS. The van der Waals surface area contributed by atoms with Gasteiger partial charge in [0.25, 0.3) is 0 Å². The number of piperidine rings is 1. The molecule has 0 aliphatic carbocycles. The summed E-state index contributed by atoms with van der Waals surface area (Å²) in [5, 5.41) is 13.5. The zero-order chi connectivity index (χ0) is 23.0. The molecule has 2 aromatic heterocycles. The molecule has 5 nitrogen and oxygen atoms in total. The molecule has 0 spiro atoms. The molecule has 1 aliphatic rings. The summed E-state index contributed by atoms with van der Waals surface area (Å²) in [6, 6.07) is 12.6. The van der Waals surface area contributed by atoms with Gasteiger partial charge in [0.05, 0.1) is 15.6 Å². The quantitative estimate of drug-likeness (QED) is 0.386. The minimum absolute atomic E-state index is 0.125. The van der Waals surface area contributed by atoms with Gasteiger partial charge in [-0.1, -0.05) is 24.6 Å². The highest BCUT2D eigenvalue weighted by molar-refractivity contribution is 7.15. The number of hydrogen-bond acceptors (Lipinski definition) is 6. The van der Waals surface area contributed by atoms with Gasteiger partial charge in [0, 0.05) is 30.1 Å². The third kappa shape index (κ3) is 6.76. The number of benzene rings is 1. The normalized spacial score (nSPS) is 14.8. The molecule has 0 unspecified atom stereocenters. The summed E-state index contributed by atoms with van der Waals surface area (Å²) in [5.74, 6) is 0.995. The molecule has 1 aliphatic heterocycles. The highest BCUT2D eigenvalue weighted by Gasteiger charge is 2.21. The Kier molecular flexibility index (Phi) is 8.73. The van der Waals surface area contributed by atoms with E-state index in [1.807, 2.05) is 35.7 Å². The van der Waals surface area contributed by atoms with E-state index >= 15 is 0 Å². The Labute approximate surface area is 205 Å². The lowest BCUT2D eigenvalue weighted by atomic mass is 10.0. The fourth-order valence-electron chi connectivity index (χ4n) is 4.46. The molecule has 3 aromatic rings. The summed E-state index contributed by atoms with van der Waals surface area (Å²) < 4.78 is 0. The number of phenols is 1. The van der Waals surface area contributed by atoms with Crippen LogP contribution in [0.15, 0.2) is 42.6 Å². The molecule has 0 saturated carbocycles. The Bertz CT molecular complexity index is 1030. The standard InChI is InChI=1S/C26H33ClN4OS/c1-2-16-31(20-10-13-28-14-11-20)18-21-7-9-25(33-21)23-12-15-29-26(30-23)5-3-4-19-6-8-24(32)22(27)17-19/h6-9,12,15,17,20,28,32H,2-5,10-11,13-14,16,18H2,1H3. The van der Waals surface area contributed by atoms with Crippen molar-refractivity contribution in [2.75, 3.05) is 19.6 Å². The van der Waals surface area contributed by atoms with E-state index in [2.05, 4.69) is 34.3 Å². The van der Waals surface area contributed by atoms with E-state index in [0.29, 0.717) is 11.1 Å². The van der Waals surface area contributed by atoms with Crippen molar-refractivity contribution in [2.45, 2.75) is 58.0 Å². The minimum Gasteiger partial charge on any atom is -0.506 e. The van der Waals surface area contributed by atoms with Gasteiger partial charge < -0.3 is 10.4 Å². The highest BCUT2D eigenvalue weighted by Crippen LogP contribution is 2.29. The average molecular weight is 485 g/mol. The van der Waals surface area contributed by atoms with E-state index in [0.717, 1.165) is 62.5 Å². The maximum Gasteiger partial charge on any atom is 0.134 e. The van der Waals surface area contributed by atoms with Crippen molar-refractivity contribution in [2.24, 2.45) is 0 Å². The van der Waals surface area contributed by atoms with Crippen molar-refractivity contribution in [1.82, 2.24) is 20.2 Å². The molecule has 4 rings (SSSR count). The number of aromatic hydroxyl groups is 1. The van der Waals surface area contributed by atoms with Crippen LogP contribution in [0.2, 0.25) is 5.02 Å². The molecule has 0 radical (unpaired) electrons. The zero-order valence-electron chi connectivity index (χ0n) is 19.3. The maximum absolute atomic E-state index is 9.57. The van der Waals surface area contributed by atoms with Crippen LogP contribution in [0.25, 0.3) is 10.6 Å². The second-order valence-corrected chi connectivity index (χ2v) is 10.3. The van der Waals surface area contributed by atoms with E-state index < -0.39 is 0 Å². The van der Waals surface area contributed by atoms with Crippen LogP contribution in [0.5, 0.6) is 5.75 Å². The molecule has 33 heavy (non-hydrogen) atoms. The first-order valence-corrected chi connectivity index (χ1v) is 13.1. The Hall–Kier alpha value is -1.99. The Morgan fingerprint density at radius 2 is 2.00 bits per heavy atom. The molecule has 1 saturated heterocycles. The van der Waals surface area contributed by atoms with Crippen molar-refractivity contribution >= 4 is 22.9 Å². The lowest BCUT2D eigenvalue weighted by Gasteiger charge is -2.34. The average Bonchev–Trinajstić information content (AvgIpc) is 3.31. The third-order valence-corrected chi connectivity index (χ3v) is 7.59. The van der Waals surface area contributed by atoms with Crippen LogP contribution in [0, 0.1) is 0 Å². The molecule has 7 heteroatoms. The van der Waals surface area contributed by atoms with Gasteiger partial charge in [-0.2, -0.15) is 0 Å². The summed E-state index contributed by atoms with van der Waals surface area (Å²) in [6.07, 6.45) is 8.15. The molecule has 0 atom stereocenters. The van der Waals surface area contributed by atoms with Gasteiger partial charge in [-0.3, -0.25) is 4.90 Å². The minimum atomic E-state index is 0.125. The lowest BCUT2D eigenvalue weighted by molar-refractivity contribution is 0.155. The van der Waals surface area contributed by atoms with Gasteiger partial charge in [0.2, 0.25) is 0 Å². The molecule has 2 N–H and O–H groups in total. The van der Waals surface area contributed by atoms with Crippen LogP contribution in [0.4, 0.5) is 0 Å². The van der Waals surface area contributed by atoms with Crippen LogP contribution in [0.3, 0.4) is 0 Å². The lowest BCUT2D eigenvalue weighted by Crippen LogP contribution is -2.42. The van der Waals surface area contributed by atoms with E-state index in [1.165, 1.54) is 29.0 Å². The first-order chi connectivity index (χ1) is 16.1. The number of phenolic OH excluding ortho intramolecular Hbond substituents is 1.